The van der Waals surface area contributed by atoms with Crippen LogP contribution in [0.4, 0.5) is 5.69 Å². The highest BCUT2D eigenvalue weighted by Gasteiger charge is 2.34. The molecule has 0 aliphatic rings. The van der Waals surface area contributed by atoms with Crippen molar-refractivity contribution in [1.82, 2.24) is 10.2 Å². The molecule has 3 aromatic carbocycles. The Labute approximate surface area is 253 Å². The van der Waals surface area contributed by atoms with E-state index >= 15 is 0 Å². The van der Waals surface area contributed by atoms with Crippen LogP contribution in [0.3, 0.4) is 0 Å². The first kappa shape index (κ1) is 32.4. The molecule has 3 rings (SSSR count). The van der Waals surface area contributed by atoms with Crippen molar-refractivity contribution in [2.75, 3.05) is 17.4 Å². The van der Waals surface area contributed by atoms with Crippen LogP contribution in [-0.2, 0) is 26.2 Å². The van der Waals surface area contributed by atoms with Crippen molar-refractivity contribution in [2.45, 2.75) is 58.5 Å². The van der Waals surface area contributed by atoms with Crippen LogP contribution in [0.15, 0.2) is 71.6 Å². The van der Waals surface area contributed by atoms with Gasteiger partial charge in [0.05, 0.1) is 10.6 Å². The van der Waals surface area contributed by atoms with Crippen LogP contribution in [0.25, 0.3) is 0 Å². The highest BCUT2D eigenvalue weighted by Crippen LogP contribution is 2.28. The number of carbonyl (C=O) groups excluding carboxylic acids is 2. The first-order valence-electron chi connectivity index (χ1n) is 13.5. The smallest absolute Gasteiger partial charge is 0.264 e. The van der Waals surface area contributed by atoms with Crippen molar-refractivity contribution in [2.24, 2.45) is 5.92 Å². The van der Waals surface area contributed by atoms with Gasteiger partial charge in [-0.3, -0.25) is 13.9 Å². The Morgan fingerprint density at radius 2 is 1.56 bits per heavy atom. The Kier molecular flexibility index (Phi) is 11.2. The van der Waals surface area contributed by atoms with Crippen molar-refractivity contribution >= 4 is 50.7 Å². The van der Waals surface area contributed by atoms with Crippen LogP contribution in [0.5, 0.6) is 0 Å². The molecule has 10 heteroatoms. The number of nitrogens with zero attached hydrogens (tertiary/aromatic N) is 2. The van der Waals surface area contributed by atoms with Gasteiger partial charge < -0.3 is 10.2 Å². The summed E-state index contributed by atoms with van der Waals surface area (Å²) in [6.07, 6.45) is 0.315. The molecule has 220 valence electrons. The van der Waals surface area contributed by atoms with Crippen LogP contribution < -0.4 is 9.62 Å². The summed E-state index contributed by atoms with van der Waals surface area (Å²) in [7, 11) is -4.14. The Morgan fingerprint density at radius 3 is 2.12 bits per heavy atom. The SMILES string of the molecule is CC[C@@H](C(=O)NCC(C)C)N(Cc1ccc(Cl)cc1Cl)C(=O)CN(c1cc(C)cc(C)c1)S(=O)(=O)c1ccccc1. The lowest BCUT2D eigenvalue weighted by atomic mass is 10.1. The molecule has 41 heavy (non-hydrogen) atoms. The third-order valence-corrected chi connectivity index (χ3v) is 8.91. The standard InChI is InChI=1S/C31H37Cl2N3O4S/c1-6-29(31(38)34-18-21(2)3)35(19-24-12-13-25(32)17-28(24)33)30(37)20-36(26-15-22(4)14-23(5)16-26)41(39,40)27-10-8-7-9-11-27/h7-17,21,29H,6,18-20H2,1-5H3,(H,34,38)/t29-/m0/s1. The van der Waals surface area contributed by atoms with Crippen molar-refractivity contribution in [3.63, 3.8) is 0 Å². The molecule has 0 radical (unpaired) electrons. The molecule has 0 saturated heterocycles. The number of rotatable bonds is 12. The summed E-state index contributed by atoms with van der Waals surface area (Å²) in [4.78, 5) is 29.0. The van der Waals surface area contributed by atoms with Gasteiger partial charge in [-0.2, -0.15) is 0 Å². The summed E-state index contributed by atoms with van der Waals surface area (Å²) in [5.41, 5.74) is 2.65. The molecule has 1 atom stereocenters. The molecule has 0 aliphatic heterocycles. The Balaban J connectivity index is 2.09. The normalized spacial score (nSPS) is 12.2. The summed E-state index contributed by atoms with van der Waals surface area (Å²) < 4.78 is 29.0. The predicted octanol–water partition coefficient (Wildman–Crippen LogP) is 6.39. The van der Waals surface area contributed by atoms with Crippen LogP contribution in [-0.4, -0.2) is 44.3 Å². The lowest BCUT2D eigenvalue weighted by Gasteiger charge is -2.33. The van der Waals surface area contributed by atoms with E-state index in [4.69, 9.17) is 23.2 Å². The van der Waals surface area contributed by atoms with E-state index in [1.54, 1.807) is 48.5 Å². The summed E-state index contributed by atoms with van der Waals surface area (Å²) in [6.45, 7) is 9.43. The molecule has 1 N–H and O–H groups in total. The monoisotopic (exact) mass is 617 g/mol. The number of amides is 2. The number of halogens is 2. The fourth-order valence-corrected chi connectivity index (χ4v) is 6.41. The number of benzene rings is 3. The summed E-state index contributed by atoms with van der Waals surface area (Å²) >= 11 is 12.6. The summed E-state index contributed by atoms with van der Waals surface area (Å²) in [6, 6.07) is 17.5. The van der Waals surface area contributed by atoms with E-state index in [1.165, 1.54) is 17.0 Å². The van der Waals surface area contributed by atoms with Crippen molar-refractivity contribution in [3.8, 4) is 0 Å². The van der Waals surface area contributed by atoms with Gasteiger partial charge in [0.15, 0.2) is 0 Å². The van der Waals surface area contributed by atoms with E-state index in [0.29, 0.717) is 34.3 Å². The number of nitrogens with one attached hydrogen (secondary N) is 1. The van der Waals surface area contributed by atoms with Gasteiger partial charge in [0.2, 0.25) is 11.8 Å². The van der Waals surface area contributed by atoms with E-state index in [0.717, 1.165) is 15.4 Å². The fraction of sp³-hybridized carbons (Fsp3) is 0.355. The minimum absolute atomic E-state index is 0.00545. The second kappa shape index (κ2) is 14.2. The Hall–Kier alpha value is -3.07. The number of anilines is 1. The average Bonchev–Trinajstić information content (AvgIpc) is 2.91. The quantitative estimate of drug-likeness (QED) is 0.255. The van der Waals surface area contributed by atoms with Gasteiger partial charge in [-0.25, -0.2) is 8.42 Å². The van der Waals surface area contributed by atoms with Crippen LogP contribution in [0.1, 0.15) is 43.9 Å². The van der Waals surface area contributed by atoms with E-state index in [-0.39, 0.29) is 23.3 Å². The van der Waals surface area contributed by atoms with Crippen molar-refractivity contribution < 1.29 is 18.0 Å². The average molecular weight is 619 g/mol. The number of hydrogen-bond acceptors (Lipinski definition) is 4. The zero-order valence-corrected chi connectivity index (χ0v) is 26.4. The third-order valence-electron chi connectivity index (χ3n) is 6.53. The molecule has 0 unspecified atom stereocenters. The number of sulfonamides is 1. The molecule has 3 aromatic rings. The number of carbonyl (C=O) groups is 2. The second-order valence-electron chi connectivity index (χ2n) is 10.5. The minimum atomic E-state index is -4.14. The van der Waals surface area contributed by atoms with Gasteiger partial charge in [-0.15, -0.1) is 0 Å². The summed E-state index contributed by atoms with van der Waals surface area (Å²) in [5.74, 6) is -0.646. The Bertz CT molecular complexity index is 1460. The first-order valence-corrected chi connectivity index (χ1v) is 15.7. The van der Waals surface area contributed by atoms with Crippen LogP contribution in [0, 0.1) is 19.8 Å². The maximum atomic E-state index is 14.2. The maximum Gasteiger partial charge on any atom is 0.264 e. The van der Waals surface area contributed by atoms with E-state index < -0.39 is 28.5 Å². The van der Waals surface area contributed by atoms with Gasteiger partial charge in [-0.05, 0) is 79.3 Å². The molecule has 0 saturated carbocycles. The third kappa shape index (κ3) is 8.47. The Morgan fingerprint density at radius 1 is 0.927 bits per heavy atom. The van der Waals surface area contributed by atoms with Gasteiger partial charge in [0, 0.05) is 23.1 Å². The van der Waals surface area contributed by atoms with E-state index in [1.807, 2.05) is 40.7 Å². The largest absolute Gasteiger partial charge is 0.354 e. The van der Waals surface area contributed by atoms with Gasteiger partial charge in [-0.1, -0.05) is 74.3 Å². The fourth-order valence-electron chi connectivity index (χ4n) is 4.52. The molecule has 0 aliphatic carbocycles. The topological polar surface area (TPSA) is 86.8 Å². The van der Waals surface area contributed by atoms with Crippen molar-refractivity contribution in [1.29, 1.82) is 0 Å². The molecule has 2 amide bonds. The number of hydrogen-bond donors (Lipinski definition) is 1. The zero-order valence-electron chi connectivity index (χ0n) is 24.0. The predicted molar refractivity (Wildman–Crippen MR) is 166 cm³/mol. The molecule has 0 fully saturated rings. The lowest BCUT2D eigenvalue weighted by molar-refractivity contribution is -0.140. The molecular weight excluding hydrogens is 581 g/mol. The van der Waals surface area contributed by atoms with Gasteiger partial charge in [0.1, 0.15) is 12.6 Å². The zero-order chi connectivity index (χ0) is 30.3. The molecule has 0 aromatic heterocycles. The lowest BCUT2D eigenvalue weighted by Crippen LogP contribution is -2.52. The van der Waals surface area contributed by atoms with Crippen LogP contribution >= 0.6 is 23.2 Å². The summed E-state index contributed by atoms with van der Waals surface area (Å²) in [5, 5.41) is 3.70. The van der Waals surface area contributed by atoms with E-state index in [9.17, 15) is 18.0 Å². The van der Waals surface area contributed by atoms with E-state index in [2.05, 4.69) is 5.32 Å². The maximum absolute atomic E-state index is 14.2. The molecule has 0 heterocycles. The minimum Gasteiger partial charge on any atom is -0.354 e. The molecule has 0 bridgehead atoms. The second-order valence-corrected chi connectivity index (χ2v) is 13.2. The highest BCUT2D eigenvalue weighted by molar-refractivity contribution is 7.92. The first-order chi connectivity index (χ1) is 19.3. The number of aryl methyl sites for hydroxylation is 2. The molecule has 0 spiro atoms. The highest BCUT2D eigenvalue weighted by atomic mass is 35.5. The van der Waals surface area contributed by atoms with Crippen LogP contribution in [0.2, 0.25) is 10.0 Å². The molecular formula is C31H37Cl2N3O4S. The van der Waals surface area contributed by atoms with Crippen molar-refractivity contribution in [3.05, 3.63) is 93.5 Å². The van der Waals surface area contributed by atoms with Gasteiger partial charge >= 0.3 is 0 Å². The molecule has 7 nitrogen and oxygen atoms in total. The van der Waals surface area contributed by atoms with Gasteiger partial charge in [0.25, 0.3) is 10.0 Å².